The zero-order valence-electron chi connectivity index (χ0n) is 14.8. The molecule has 0 saturated carbocycles. The van der Waals surface area contributed by atoms with Crippen LogP contribution in [-0.4, -0.2) is 47.8 Å². The third-order valence-electron chi connectivity index (χ3n) is 4.77. The Morgan fingerprint density at radius 3 is 2.18 bits per heavy atom. The monoisotopic (exact) mass is 426 g/mol. The van der Waals surface area contributed by atoms with Crippen molar-refractivity contribution in [1.82, 2.24) is 0 Å². The van der Waals surface area contributed by atoms with Crippen molar-refractivity contribution in [3.05, 3.63) is 69.7 Å². The van der Waals surface area contributed by atoms with Crippen LogP contribution >= 0.6 is 23.2 Å². The van der Waals surface area contributed by atoms with Crippen LogP contribution in [0.15, 0.2) is 48.5 Å². The first-order valence-corrected chi connectivity index (χ1v) is 9.68. The number of fused-ring (bicyclic) bond motifs is 1. The third kappa shape index (κ3) is 4.20. The Morgan fingerprint density at radius 1 is 0.929 bits per heavy atom. The van der Waals surface area contributed by atoms with Crippen LogP contribution < -0.4 is 0 Å². The molecule has 0 amide bonds. The minimum Gasteiger partial charge on any atom is -0.394 e. The SMILES string of the molecule is OC[C@H](O)[C@H]1OC(c2cccc(Cl)c2)OC[C@H]2OC(c3cccc(Cl)c3)O[C@@H]12. The highest BCUT2D eigenvalue weighted by atomic mass is 35.5. The van der Waals surface area contributed by atoms with Gasteiger partial charge in [0.2, 0.25) is 0 Å². The van der Waals surface area contributed by atoms with Gasteiger partial charge in [0.1, 0.15) is 24.4 Å². The molecule has 0 bridgehead atoms. The van der Waals surface area contributed by atoms with Crippen LogP contribution in [0.2, 0.25) is 10.0 Å². The van der Waals surface area contributed by atoms with Crippen molar-refractivity contribution in [3.63, 3.8) is 0 Å². The fraction of sp³-hybridized carbons (Fsp3) is 0.400. The summed E-state index contributed by atoms with van der Waals surface area (Å²) in [6, 6.07) is 14.2. The van der Waals surface area contributed by atoms with Crippen molar-refractivity contribution >= 4 is 23.2 Å². The molecular weight excluding hydrogens is 407 g/mol. The highest BCUT2D eigenvalue weighted by Crippen LogP contribution is 2.39. The Balaban J connectivity index is 1.57. The van der Waals surface area contributed by atoms with Gasteiger partial charge in [-0.3, -0.25) is 0 Å². The summed E-state index contributed by atoms with van der Waals surface area (Å²) in [5.41, 5.74) is 1.46. The van der Waals surface area contributed by atoms with Crippen LogP contribution in [0.1, 0.15) is 23.7 Å². The smallest absolute Gasteiger partial charge is 0.185 e. The van der Waals surface area contributed by atoms with Gasteiger partial charge in [-0.15, -0.1) is 0 Å². The molecule has 0 spiro atoms. The molecule has 28 heavy (non-hydrogen) atoms. The van der Waals surface area contributed by atoms with Crippen LogP contribution in [0.4, 0.5) is 0 Å². The van der Waals surface area contributed by atoms with E-state index < -0.39 is 43.6 Å². The maximum absolute atomic E-state index is 10.4. The summed E-state index contributed by atoms with van der Waals surface area (Å²) >= 11 is 12.1. The Hall–Kier alpha value is -1.22. The van der Waals surface area contributed by atoms with Crippen LogP contribution in [0.5, 0.6) is 0 Å². The van der Waals surface area contributed by atoms with Crippen molar-refractivity contribution in [2.75, 3.05) is 13.2 Å². The summed E-state index contributed by atoms with van der Waals surface area (Å²) in [7, 11) is 0. The van der Waals surface area contributed by atoms with Gasteiger partial charge in [0.25, 0.3) is 0 Å². The van der Waals surface area contributed by atoms with E-state index in [4.69, 9.17) is 42.1 Å². The second-order valence-corrected chi connectivity index (χ2v) is 7.61. The minimum absolute atomic E-state index is 0.188. The molecule has 0 aliphatic carbocycles. The number of aliphatic hydroxyl groups is 2. The Kier molecular flexibility index (Phi) is 6.20. The van der Waals surface area contributed by atoms with Gasteiger partial charge in [0, 0.05) is 21.2 Å². The Morgan fingerprint density at radius 2 is 1.57 bits per heavy atom. The average molecular weight is 427 g/mol. The van der Waals surface area contributed by atoms with Gasteiger partial charge in [-0.05, 0) is 24.3 Å². The predicted molar refractivity (Wildman–Crippen MR) is 102 cm³/mol. The zero-order valence-corrected chi connectivity index (χ0v) is 16.3. The molecule has 2 heterocycles. The molecule has 2 saturated heterocycles. The first kappa shape index (κ1) is 20.1. The standard InChI is InChI=1S/C20H20Cl2O6/c21-13-5-1-3-11(7-13)19-25-10-16-18(17(27-19)15(24)9-23)28-20(26-16)12-4-2-6-14(22)8-12/h1-8,15-20,23-24H,9-10H2/t15-,16+,17+,18+,19?,20?/m0/s1. The fourth-order valence-corrected chi connectivity index (χ4v) is 3.81. The van der Waals surface area contributed by atoms with E-state index in [0.717, 1.165) is 5.56 Å². The number of aliphatic hydroxyl groups excluding tert-OH is 2. The molecule has 150 valence electrons. The number of halogens is 2. The van der Waals surface area contributed by atoms with Crippen molar-refractivity contribution in [2.45, 2.75) is 37.0 Å². The average Bonchev–Trinajstić information content (AvgIpc) is 3.03. The van der Waals surface area contributed by atoms with E-state index in [0.29, 0.717) is 15.6 Å². The van der Waals surface area contributed by atoms with Gasteiger partial charge in [0.15, 0.2) is 12.6 Å². The van der Waals surface area contributed by atoms with E-state index in [1.807, 2.05) is 12.1 Å². The van der Waals surface area contributed by atoms with Crippen LogP contribution in [0, 0.1) is 0 Å². The summed E-state index contributed by atoms with van der Waals surface area (Å²) in [5, 5.41) is 21.0. The molecule has 2 aromatic carbocycles. The Bertz CT molecular complexity index is 819. The highest BCUT2D eigenvalue weighted by molar-refractivity contribution is 6.30. The lowest BCUT2D eigenvalue weighted by atomic mass is 10.0. The van der Waals surface area contributed by atoms with Gasteiger partial charge in [-0.2, -0.15) is 0 Å². The van der Waals surface area contributed by atoms with E-state index in [2.05, 4.69) is 0 Å². The molecule has 8 heteroatoms. The summed E-state index contributed by atoms with van der Waals surface area (Å²) in [5.74, 6) is 0. The molecule has 2 aromatic rings. The molecule has 6 atom stereocenters. The molecule has 2 fully saturated rings. The first-order valence-electron chi connectivity index (χ1n) is 8.93. The lowest BCUT2D eigenvalue weighted by Crippen LogP contribution is -2.45. The molecule has 2 aliphatic rings. The summed E-state index contributed by atoms with van der Waals surface area (Å²) in [4.78, 5) is 0. The fourth-order valence-electron chi connectivity index (χ4n) is 3.42. The Labute approximate surface area is 172 Å². The molecule has 2 aliphatic heterocycles. The minimum atomic E-state index is -1.17. The van der Waals surface area contributed by atoms with Gasteiger partial charge in [0.05, 0.1) is 13.2 Å². The molecule has 0 aromatic heterocycles. The molecular formula is C20H20Cl2O6. The highest BCUT2D eigenvalue weighted by Gasteiger charge is 2.48. The quantitative estimate of drug-likeness (QED) is 0.781. The summed E-state index contributed by atoms with van der Waals surface area (Å²) < 4.78 is 24.0. The largest absolute Gasteiger partial charge is 0.394 e. The number of hydrogen-bond donors (Lipinski definition) is 2. The predicted octanol–water partition coefficient (Wildman–Crippen LogP) is 3.24. The maximum atomic E-state index is 10.4. The molecule has 2 unspecified atom stereocenters. The van der Waals surface area contributed by atoms with Crippen molar-refractivity contribution in [3.8, 4) is 0 Å². The number of hydrogen-bond acceptors (Lipinski definition) is 6. The number of ether oxygens (including phenoxy) is 4. The van der Waals surface area contributed by atoms with E-state index in [1.54, 1.807) is 36.4 Å². The zero-order chi connectivity index (χ0) is 19.7. The second-order valence-electron chi connectivity index (χ2n) is 6.73. The lowest BCUT2D eigenvalue weighted by molar-refractivity contribution is -0.216. The number of rotatable bonds is 4. The molecule has 6 nitrogen and oxygen atoms in total. The van der Waals surface area contributed by atoms with E-state index in [-0.39, 0.29) is 6.61 Å². The van der Waals surface area contributed by atoms with Gasteiger partial charge in [-0.1, -0.05) is 47.5 Å². The molecule has 0 radical (unpaired) electrons. The maximum Gasteiger partial charge on any atom is 0.185 e. The van der Waals surface area contributed by atoms with Crippen LogP contribution in [-0.2, 0) is 18.9 Å². The lowest BCUT2D eigenvalue weighted by Gasteiger charge is -2.28. The topological polar surface area (TPSA) is 77.4 Å². The van der Waals surface area contributed by atoms with Gasteiger partial charge < -0.3 is 29.2 Å². The van der Waals surface area contributed by atoms with E-state index >= 15 is 0 Å². The van der Waals surface area contributed by atoms with Crippen LogP contribution in [0.25, 0.3) is 0 Å². The van der Waals surface area contributed by atoms with E-state index in [1.165, 1.54) is 0 Å². The summed E-state index contributed by atoms with van der Waals surface area (Å²) in [6.07, 6.45) is -4.58. The second kappa shape index (κ2) is 8.65. The molecule has 2 N–H and O–H groups in total. The van der Waals surface area contributed by atoms with Crippen molar-refractivity contribution in [2.24, 2.45) is 0 Å². The van der Waals surface area contributed by atoms with Crippen molar-refractivity contribution in [1.29, 1.82) is 0 Å². The van der Waals surface area contributed by atoms with Crippen LogP contribution in [0.3, 0.4) is 0 Å². The summed E-state index contributed by atoms with van der Waals surface area (Å²) in [6.45, 7) is -0.297. The van der Waals surface area contributed by atoms with E-state index in [9.17, 15) is 10.2 Å². The number of benzene rings is 2. The van der Waals surface area contributed by atoms with Gasteiger partial charge in [-0.25, -0.2) is 0 Å². The molecule has 4 rings (SSSR count). The first-order chi connectivity index (χ1) is 13.5. The third-order valence-corrected chi connectivity index (χ3v) is 5.24. The van der Waals surface area contributed by atoms with Gasteiger partial charge >= 0.3 is 0 Å². The van der Waals surface area contributed by atoms with Crippen molar-refractivity contribution < 1.29 is 29.2 Å². The normalized spacial score (nSPS) is 31.2.